The molecule has 158 valence electrons. The standard InChI is InChI=1S/C21H33NO6/c1-5-27-19(20(23)24)15-17-8-10-18(11-9-17)28-14-13-22(21(25)26-4)12-6-7-16(2)3/h8-11,16,19H,5-7,12-15H2,1-4H3,(H,23,24). The molecule has 0 aliphatic heterocycles. The van der Waals surface area contributed by atoms with Gasteiger partial charge in [-0.25, -0.2) is 9.59 Å². The van der Waals surface area contributed by atoms with Crippen molar-refractivity contribution >= 4 is 12.1 Å². The summed E-state index contributed by atoms with van der Waals surface area (Å²) in [6.07, 6.45) is 1.07. The second kappa shape index (κ2) is 13.0. The molecule has 28 heavy (non-hydrogen) atoms. The molecule has 7 heteroatoms. The summed E-state index contributed by atoms with van der Waals surface area (Å²) in [4.78, 5) is 24.7. The topological polar surface area (TPSA) is 85.3 Å². The van der Waals surface area contributed by atoms with E-state index in [2.05, 4.69) is 13.8 Å². The molecule has 1 amide bonds. The van der Waals surface area contributed by atoms with E-state index in [1.807, 2.05) is 12.1 Å². The van der Waals surface area contributed by atoms with Gasteiger partial charge in [-0.2, -0.15) is 0 Å². The minimum Gasteiger partial charge on any atom is -0.492 e. The third-order valence-electron chi connectivity index (χ3n) is 4.26. The average molecular weight is 395 g/mol. The Bertz CT molecular complexity index is 587. The molecule has 1 rings (SSSR count). The summed E-state index contributed by atoms with van der Waals surface area (Å²) in [5, 5.41) is 9.15. The van der Waals surface area contributed by atoms with E-state index in [1.54, 1.807) is 24.0 Å². The molecule has 7 nitrogen and oxygen atoms in total. The van der Waals surface area contributed by atoms with Crippen LogP contribution in [-0.2, 0) is 20.7 Å². The van der Waals surface area contributed by atoms with E-state index in [-0.39, 0.29) is 6.09 Å². The number of carboxylic acids is 1. The molecular formula is C21H33NO6. The van der Waals surface area contributed by atoms with Crippen LogP contribution >= 0.6 is 0 Å². The zero-order valence-electron chi connectivity index (χ0n) is 17.3. The maximum Gasteiger partial charge on any atom is 0.409 e. The number of nitrogens with zero attached hydrogens (tertiary/aromatic N) is 1. The molecule has 0 saturated carbocycles. The van der Waals surface area contributed by atoms with Gasteiger partial charge >= 0.3 is 12.1 Å². The van der Waals surface area contributed by atoms with Crippen LogP contribution in [0.1, 0.15) is 39.2 Å². The van der Waals surface area contributed by atoms with E-state index in [0.29, 0.717) is 44.4 Å². The number of ether oxygens (including phenoxy) is 3. The van der Waals surface area contributed by atoms with E-state index >= 15 is 0 Å². The Hall–Kier alpha value is -2.28. The predicted molar refractivity (Wildman–Crippen MR) is 107 cm³/mol. The molecule has 1 aromatic rings. The average Bonchev–Trinajstić information content (AvgIpc) is 2.66. The lowest BCUT2D eigenvalue weighted by molar-refractivity contribution is -0.149. The fraction of sp³-hybridized carbons (Fsp3) is 0.619. The van der Waals surface area contributed by atoms with Crippen LogP contribution in [-0.4, -0.2) is 61.6 Å². The summed E-state index contributed by atoms with van der Waals surface area (Å²) in [5.74, 6) is 0.291. The highest BCUT2D eigenvalue weighted by molar-refractivity contribution is 5.72. The van der Waals surface area contributed by atoms with Crippen LogP contribution in [0.4, 0.5) is 4.79 Å². The lowest BCUT2D eigenvalue weighted by Gasteiger charge is -2.21. The highest BCUT2D eigenvalue weighted by atomic mass is 16.5. The number of hydrogen-bond acceptors (Lipinski definition) is 5. The lowest BCUT2D eigenvalue weighted by atomic mass is 10.1. The highest BCUT2D eigenvalue weighted by Crippen LogP contribution is 2.15. The van der Waals surface area contributed by atoms with E-state index in [0.717, 1.165) is 18.4 Å². The summed E-state index contributed by atoms with van der Waals surface area (Å²) in [6, 6.07) is 7.23. The van der Waals surface area contributed by atoms with Gasteiger partial charge in [0.05, 0.1) is 13.7 Å². The van der Waals surface area contributed by atoms with Crippen molar-refractivity contribution in [2.75, 3.05) is 33.4 Å². The fourth-order valence-corrected chi connectivity index (χ4v) is 2.74. The van der Waals surface area contributed by atoms with Gasteiger partial charge in [0.1, 0.15) is 12.4 Å². The monoisotopic (exact) mass is 395 g/mol. The number of carbonyl (C=O) groups is 2. The molecule has 0 radical (unpaired) electrons. The van der Waals surface area contributed by atoms with E-state index in [9.17, 15) is 9.59 Å². The second-order valence-electron chi connectivity index (χ2n) is 6.97. The van der Waals surface area contributed by atoms with Crippen molar-refractivity contribution < 1.29 is 28.9 Å². The minimum absolute atomic E-state index is 0.301. The Kier molecular flexibility index (Phi) is 11.0. The normalized spacial score (nSPS) is 11.9. The van der Waals surface area contributed by atoms with Crippen LogP contribution in [0.15, 0.2) is 24.3 Å². The molecule has 0 bridgehead atoms. The van der Waals surface area contributed by atoms with Crippen molar-refractivity contribution in [1.82, 2.24) is 4.90 Å². The van der Waals surface area contributed by atoms with Gasteiger partial charge in [0.2, 0.25) is 0 Å². The van der Waals surface area contributed by atoms with Crippen molar-refractivity contribution in [2.45, 2.75) is 46.1 Å². The number of carbonyl (C=O) groups excluding carboxylic acids is 1. The van der Waals surface area contributed by atoms with Gasteiger partial charge in [-0.15, -0.1) is 0 Å². The second-order valence-corrected chi connectivity index (χ2v) is 6.97. The summed E-state index contributed by atoms with van der Waals surface area (Å²) >= 11 is 0. The molecule has 0 saturated heterocycles. The van der Waals surface area contributed by atoms with Crippen LogP contribution in [0.2, 0.25) is 0 Å². The van der Waals surface area contributed by atoms with Gasteiger partial charge in [0.15, 0.2) is 6.10 Å². The molecule has 1 aromatic carbocycles. The SMILES string of the molecule is CCOC(Cc1ccc(OCCN(CCCC(C)C)C(=O)OC)cc1)C(=O)O. The Morgan fingerprint density at radius 3 is 2.36 bits per heavy atom. The van der Waals surface area contributed by atoms with Gasteiger partial charge in [0, 0.05) is 19.6 Å². The Labute approximate surface area is 167 Å². The zero-order valence-corrected chi connectivity index (χ0v) is 17.3. The molecule has 1 unspecified atom stereocenters. The molecule has 0 aromatic heterocycles. The number of carboxylic acid groups (broad SMARTS) is 1. The maximum absolute atomic E-state index is 11.9. The fourth-order valence-electron chi connectivity index (χ4n) is 2.74. The van der Waals surface area contributed by atoms with Crippen molar-refractivity contribution in [1.29, 1.82) is 0 Å². The van der Waals surface area contributed by atoms with Crippen molar-refractivity contribution in [3.8, 4) is 5.75 Å². The first-order valence-electron chi connectivity index (χ1n) is 9.76. The molecule has 0 spiro atoms. The van der Waals surface area contributed by atoms with Gasteiger partial charge < -0.3 is 24.2 Å². The first-order chi connectivity index (χ1) is 13.4. The molecule has 1 atom stereocenters. The van der Waals surface area contributed by atoms with Crippen LogP contribution < -0.4 is 4.74 Å². The van der Waals surface area contributed by atoms with Crippen LogP contribution in [0.25, 0.3) is 0 Å². The van der Waals surface area contributed by atoms with E-state index in [4.69, 9.17) is 19.3 Å². The lowest BCUT2D eigenvalue weighted by Crippen LogP contribution is -2.35. The molecule has 0 heterocycles. The number of amides is 1. The maximum atomic E-state index is 11.9. The number of rotatable bonds is 13. The van der Waals surface area contributed by atoms with Crippen molar-refractivity contribution in [3.63, 3.8) is 0 Å². The zero-order chi connectivity index (χ0) is 20.9. The summed E-state index contributed by atoms with van der Waals surface area (Å²) < 4.78 is 15.8. The molecular weight excluding hydrogens is 362 g/mol. The van der Waals surface area contributed by atoms with Gasteiger partial charge in [-0.3, -0.25) is 0 Å². The first-order valence-corrected chi connectivity index (χ1v) is 9.76. The van der Waals surface area contributed by atoms with E-state index in [1.165, 1.54) is 7.11 Å². The molecule has 0 aliphatic carbocycles. The largest absolute Gasteiger partial charge is 0.492 e. The smallest absolute Gasteiger partial charge is 0.409 e. The van der Waals surface area contributed by atoms with Crippen LogP contribution in [0, 0.1) is 5.92 Å². The first kappa shape index (κ1) is 23.8. The summed E-state index contributed by atoms with van der Waals surface area (Å²) in [6.45, 7) is 7.87. The molecule has 0 fully saturated rings. The van der Waals surface area contributed by atoms with Gasteiger partial charge in [-0.05, 0) is 43.4 Å². The van der Waals surface area contributed by atoms with Crippen molar-refractivity contribution in [3.05, 3.63) is 29.8 Å². The number of methoxy groups -OCH3 is 1. The molecule has 1 N–H and O–H groups in total. The predicted octanol–water partition coefficient (Wildman–Crippen LogP) is 3.60. The Morgan fingerprint density at radius 1 is 1.14 bits per heavy atom. The Balaban J connectivity index is 2.50. The minimum atomic E-state index is -0.970. The quantitative estimate of drug-likeness (QED) is 0.549. The number of aliphatic carboxylic acids is 1. The van der Waals surface area contributed by atoms with Gasteiger partial charge in [0.25, 0.3) is 0 Å². The Morgan fingerprint density at radius 2 is 1.82 bits per heavy atom. The molecule has 0 aliphatic rings. The van der Waals surface area contributed by atoms with Gasteiger partial charge in [-0.1, -0.05) is 26.0 Å². The highest BCUT2D eigenvalue weighted by Gasteiger charge is 2.18. The van der Waals surface area contributed by atoms with Crippen LogP contribution in [0.5, 0.6) is 5.75 Å². The van der Waals surface area contributed by atoms with Crippen molar-refractivity contribution in [2.24, 2.45) is 5.92 Å². The third kappa shape index (κ3) is 9.08. The number of benzene rings is 1. The summed E-state index contributed by atoms with van der Waals surface area (Å²) in [7, 11) is 1.38. The van der Waals surface area contributed by atoms with E-state index < -0.39 is 12.1 Å². The van der Waals surface area contributed by atoms with Crippen LogP contribution in [0.3, 0.4) is 0 Å². The third-order valence-corrected chi connectivity index (χ3v) is 4.26. The summed E-state index contributed by atoms with van der Waals surface area (Å²) in [5.41, 5.74) is 0.859. The number of hydrogen-bond donors (Lipinski definition) is 1.